The van der Waals surface area contributed by atoms with Gasteiger partial charge in [0.05, 0.1) is 31.6 Å². The molecule has 18 nitrogen and oxygen atoms in total. The van der Waals surface area contributed by atoms with Crippen molar-refractivity contribution in [1.29, 1.82) is 0 Å². The van der Waals surface area contributed by atoms with E-state index in [1.807, 2.05) is 0 Å². The number of halogens is 1. The van der Waals surface area contributed by atoms with E-state index in [9.17, 15) is 14.6 Å². The lowest BCUT2D eigenvalue weighted by atomic mass is 10.1. The first kappa shape index (κ1) is 30.4. The lowest BCUT2D eigenvalue weighted by molar-refractivity contribution is -0.0587. The van der Waals surface area contributed by atoms with Gasteiger partial charge < -0.3 is 29.7 Å². The van der Waals surface area contributed by atoms with Crippen molar-refractivity contribution in [2.75, 3.05) is 18.9 Å². The number of fused-ring (bicyclic) bond motifs is 5. The molecule has 23 heteroatoms. The number of hydrogen-bond acceptors (Lipinski definition) is 16. The maximum atomic E-state index is 16.0. The molecule has 0 radical (unpaired) electrons. The maximum Gasteiger partial charge on any atom is 0.386 e. The highest BCUT2D eigenvalue weighted by Crippen LogP contribution is 2.58. The summed E-state index contributed by atoms with van der Waals surface area (Å²) in [5.74, 6) is 0.0948. The molecule has 3 saturated heterocycles. The molecule has 2 unspecified atom stereocenters. The summed E-state index contributed by atoms with van der Waals surface area (Å²) in [4.78, 5) is 35.8. The number of aromatic nitrogens is 8. The second kappa shape index (κ2) is 11.2. The molecule has 2 bridgehead atoms. The molecule has 3 aliphatic rings. The van der Waals surface area contributed by atoms with Gasteiger partial charge in [0, 0.05) is 0 Å². The van der Waals surface area contributed by atoms with Gasteiger partial charge in [0.1, 0.15) is 54.2 Å². The Bertz CT molecular complexity index is 1840. The quantitative estimate of drug-likeness (QED) is 0.171. The summed E-state index contributed by atoms with van der Waals surface area (Å²) in [5, 5.41) is 11.1. The number of nitrogens with zero attached hydrogens (tertiary/aromatic N) is 8. The van der Waals surface area contributed by atoms with Crippen LogP contribution < -0.4 is 5.73 Å². The van der Waals surface area contributed by atoms with Gasteiger partial charge in [0.2, 0.25) is 0 Å². The van der Waals surface area contributed by atoms with Crippen LogP contribution in [0.5, 0.6) is 0 Å². The average Bonchev–Trinajstić information content (AvgIpc) is 3.73. The molecule has 4 aromatic heterocycles. The minimum atomic E-state index is -4.33. The number of imidazole rings is 2. The van der Waals surface area contributed by atoms with Crippen LogP contribution in [0.2, 0.25) is 0 Å². The second-order valence-electron chi connectivity index (χ2n) is 10.1. The van der Waals surface area contributed by atoms with Crippen molar-refractivity contribution in [1.82, 2.24) is 39.0 Å². The highest BCUT2D eigenvalue weighted by molar-refractivity contribution is 8.44. The summed E-state index contributed by atoms with van der Waals surface area (Å²) in [6.07, 6.45) is -6.29. The SMILES string of the molecule is Cc1ncnc2c1ncn2[C@@H]1O[C@@H]2COP(O)(=S)O[C@@H]3[C@H](O)[C@@H](COP(=O)(S)O[C@H]2[C@H]1F)O[C@H]3n1cnc2c(N)ncnc21. The van der Waals surface area contributed by atoms with Gasteiger partial charge in [-0.05, 0) is 18.7 Å². The number of aryl methyl sites for hydroxylation is 1. The van der Waals surface area contributed by atoms with E-state index >= 15 is 4.39 Å². The Labute approximate surface area is 257 Å². The minimum absolute atomic E-state index is 0.0948. The van der Waals surface area contributed by atoms with E-state index in [4.69, 9.17) is 45.1 Å². The van der Waals surface area contributed by atoms with Crippen LogP contribution in [0.1, 0.15) is 18.1 Å². The highest BCUT2D eigenvalue weighted by atomic mass is 32.7. The molecule has 3 aliphatic heterocycles. The standard InChI is InChI=1S/C21H24FN9O9P2S2/c1-8-12-18(26-4-24-8)30(6-28-12)20-11(22)15-10(38-20)3-36-42(34,44)40-16-14(32)9(2-35-41(33,43)39-15)37-21(16)31-7-29-13-17(23)25-5-27-19(13)31/h4-7,9-11,14-16,20-21,32H,2-3H2,1H3,(H,33,43)(H,34,44)(H2,23,25,27)/t9-,10-,11-,14-,15-,16-,20-,21-,41?,42?/m1/s1. The van der Waals surface area contributed by atoms with E-state index in [1.54, 1.807) is 6.92 Å². The topological polar surface area (TPSA) is 226 Å². The van der Waals surface area contributed by atoms with Gasteiger partial charge in [0.25, 0.3) is 0 Å². The average molecular weight is 692 g/mol. The molecule has 4 N–H and O–H groups in total. The van der Waals surface area contributed by atoms with Crippen molar-refractivity contribution in [3.8, 4) is 0 Å². The third-order valence-electron chi connectivity index (χ3n) is 7.37. The van der Waals surface area contributed by atoms with Crippen molar-refractivity contribution >= 4 is 65.7 Å². The van der Waals surface area contributed by atoms with Gasteiger partial charge in [-0.1, -0.05) is 12.2 Å². The second-order valence-corrected chi connectivity index (χ2v) is 15.8. The molecule has 44 heavy (non-hydrogen) atoms. The minimum Gasteiger partial charge on any atom is -0.387 e. The summed E-state index contributed by atoms with van der Waals surface area (Å²) < 4.78 is 66.4. The summed E-state index contributed by atoms with van der Waals surface area (Å²) in [5.41, 5.74) is 7.65. The zero-order valence-electron chi connectivity index (χ0n) is 22.4. The van der Waals surface area contributed by atoms with Crippen molar-refractivity contribution in [2.24, 2.45) is 0 Å². The summed E-state index contributed by atoms with van der Waals surface area (Å²) >= 11 is 9.29. The molecule has 0 aliphatic carbocycles. The molecule has 3 fully saturated rings. The number of hydrogen-bond donors (Lipinski definition) is 4. The van der Waals surface area contributed by atoms with E-state index in [2.05, 4.69) is 42.2 Å². The Hall–Kier alpha value is -2.26. The number of nitrogens with two attached hydrogens (primary N) is 1. The van der Waals surface area contributed by atoms with Crippen molar-refractivity contribution in [2.45, 2.75) is 56.1 Å². The van der Waals surface area contributed by atoms with Gasteiger partial charge in [-0.15, -0.1) is 0 Å². The summed E-state index contributed by atoms with van der Waals surface area (Å²) in [7, 11) is 0. The van der Waals surface area contributed by atoms with Gasteiger partial charge in [0.15, 0.2) is 35.7 Å². The van der Waals surface area contributed by atoms with Gasteiger partial charge >= 0.3 is 13.5 Å². The Kier molecular flexibility index (Phi) is 7.75. The fourth-order valence-electron chi connectivity index (χ4n) is 5.29. The molecule has 0 amide bonds. The van der Waals surface area contributed by atoms with Crippen LogP contribution in [-0.2, 0) is 43.9 Å². The van der Waals surface area contributed by atoms with Crippen LogP contribution in [0.15, 0.2) is 25.3 Å². The largest absolute Gasteiger partial charge is 0.387 e. The van der Waals surface area contributed by atoms with Crippen LogP contribution >= 0.6 is 25.8 Å². The lowest BCUT2D eigenvalue weighted by Gasteiger charge is -2.27. The predicted molar refractivity (Wildman–Crippen MR) is 153 cm³/mol. The zero-order valence-corrected chi connectivity index (χ0v) is 25.9. The molecule has 0 aromatic carbocycles. The number of rotatable bonds is 2. The zero-order chi connectivity index (χ0) is 31.0. The van der Waals surface area contributed by atoms with Crippen molar-refractivity contribution in [3.05, 3.63) is 31.0 Å². The molecule has 0 spiro atoms. The maximum absolute atomic E-state index is 16.0. The third kappa shape index (κ3) is 5.33. The van der Waals surface area contributed by atoms with Gasteiger partial charge in [-0.2, -0.15) is 0 Å². The Morgan fingerprint density at radius 3 is 2.36 bits per heavy atom. The monoisotopic (exact) mass is 691 g/mol. The fourth-order valence-corrected chi connectivity index (χ4v) is 8.18. The van der Waals surface area contributed by atoms with E-state index < -0.39 is 75.9 Å². The highest BCUT2D eigenvalue weighted by Gasteiger charge is 2.53. The molecular weight excluding hydrogens is 667 g/mol. The number of aliphatic hydroxyl groups excluding tert-OH is 1. The van der Waals surface area contributed by atoms with Crippen LogP contribution in [0, 0.1) is 6.92 Å². The first-order valence-corrected chi connectivity index (χ1v) is 18.2. The Balaban J connectivity index is 1.20. The van der Waals surface area contributed by atoms with Gasteiger partial charge in [-0.25, -0.2) is 38.9 Å². The smallest absolute Gasteiger partial charge is 0.386 e. The number of ether oxygens (including phenoxy) is 2. The van der Waals surface area contributed by atoms with E-state index in [-0.39, 0.29) is 22.6 Å². The number of thiol groups is 1. The molecule has 236 valence electrons. The number of aliphatic hydroxyl groups is 1. The van der Waals surface area contributed by atoms with Crippen LogP contribution in [0.25, 0.3) is 22.3 Å². The third-order valence-corrected chi connectivity index (χ3v) is 10.5. The summed E-state index contributed by atoms with van der Waals surface area (Å²) in [6.45, 7) is -7.93. The van der Waals surface area contributed by atoms with Crippen LogP contribution in [0.3, 0.4) is 0 Å². The predicted octanol–water partition coefficient (Wildman–Crippen LogP) is 1.12. The molecule has 7 rings (SSSR count). The summed E-state index contributed by atoms with van der Waals surface area (Å²) in [6, 6.07) is 0. The Morgan fingerprint density at radius 1 is 0.955 bits per heavy atom. The van der Waals surface area contributed by atoms with Crippen molar-refractivity contribution < 1.29 is 46.5 Å². The van der Waals surface area contributed by atoms with Crippen LogP contribution in [-0.4, -0.2) is 98.9 Å². The lowest BCUT2D eigenvalue weighted by Crippen LogP contribution is -2.35. The first-order valence-electron chi connectivity index (χ1n) is 12.9. The molecule has 10 atom stereocenters. The van der Waals surface area contributed by atoms with E-state index in [1.165, 1.54) is 34.4 Å². The van der Waals surface area contributed by atoms with Gasteiger partial charge in [-0.3, -0.25) is 22.7 Å². The molecular formula is C21H24FN9O9P2S2. The van der Waals surface area contributed by atoms with Crippen molar-refractivity contribution in [3.63, 3.8) is 0 Å². The number of anilines is 1. The molecule has 4 aromatic rings. The fraction of sp³-hybridized carbons (Fsp3) is 0.524. The number of alkyl halides is 1. The van der Waals surface area contributed by atoms with E-state index in [0.717, 1.165) is 0 Å². The van der Waals surface area contributed by atoms with Crippen LogP contribution in [0.4, 0.5) is 10.2 Å². The number of nitrogen functional groups attached to an aromatic ring is 1. The Morgan fingerprint density at radius 2 is 1.59 bits per heavy atom. The molecule has 0 saturated carbocycles. The molecule has 7 heterocycles. The first-order chi connectivity index (χ1) is 20.9. The normalized spacial score (nSPS) is 38.3. The van der Waals surface area contributed by atoms with E-state index in [0.29, 0.717) is 11.2 Å².